The van der Waals surface area contributed by atoms with E-state index >= 15 is 0 Å². The quantitative estimate of drug-likeness (QED) is 0.692. The van der Waals surface area contributed by atoms with Gasteiger partial charge in [0.25, 0.3) is 0 Å². The van der Waals surface area contributed by atoms with Crippen LogP contribution >= 0.6 is 11.8 Å². The van der Waals surface area contributed by atoms with Crippen LogP contribution in [0.15, 0.2) is 23.4 Å². The minimum atomic E-state index is -0.497. The molecule has 0 aliphatic rings. The van der Waals surface area contributed by atoms with Crippen molar-refractivity contribution < 1.29 is 9.84 Å². The number of methoxy groups -OCH3 is 1. The number of nitrogens with one attached hydrogen (secondary N) is 1. The highest BCUT2D eigenvalue weighted by atomic mass is 32.2. The number of hydrogen-bond acceptors (Lipinski definition) is 5. The van der Waals surface area contributed by atoms with Crippen LogP contribution < -0.4 is 10.5 Å². The highest BCUT2D eigenvalue weighted by Gasteiger charge is 2.07. The van der Waals surface area contributed by atoms with E-state index in [0.717, 1.165) is 21.9 Å². The van der Waals surface area contributed by atoms with Crippen LogP contribution in [0.4, 0.5) is 0 Å². The van der Waals surface area contributed by atoms with Gasteiger partial charge in [-0.3, -0.25) is 0 Å². The summed E-state index contributed by atoms with van der Waals surface area (Å²) in [4.78, 5) is 7.56. The second-order valence-electron chi connectivity index (χ2n) is 3.63. The number of aliphatic hydroxyl groups is 1. The second-order valence-corrected chi connectivity index (χ2v) is 4.63. The van der Waals surface area contributed by atoms with Crippen molar-refractivity contribution in [3.8, 4) is 5.75 Å². The summed E-state index contributed by atoms with van der Waals surface area (Å²) in [7, 11) is 1.63. The second kappa shape index (κ2) is 5.39. The van der Waals surface area contributed by atoms with Crippen molar-refractivity contribution in [1.82, 2.24) is 9.97 Å². The van der Waals surface area contributed by atoms with E-state index in [1.54, 1.807) is 7.11 Å². The number of ether oxygens (including phenoxy) is 1. The lowest BCUT2D eigenvalue weighted by Crippen LogP contribution is -2.21. The standard InChI is InChI=1S/C11H15N3O2S/c1-16-8-2-3-9-10(4-8)14-11(13-9)17-6-7(15)5-12/h2-4,7,15H,5-6,12H2,1H3,(H,13,14). The molecule has 1 atom stereocenters. The SMILES string of the molecule is COc1ccc2nc(SCC(O)CN)[nH]c2c1. The molecule has 4 N–H and O–H groups in total. The van der Waals surface area contributed by atoms with Gasteiger partial charge in [-0.15, -0.1) is 0 Å². The fourth-order valence-corrected chi connectivity index (χ4v) is 2.24. The van der Waals surface area contributed by atoms with Gasteiger partial charge in [0, 0.05) is 18.4 Å². The summed E-state index contributed by atoms with van der Waals surface area (Å²) in [5, 5.41) is 10.1. The molecule has 17 heavy (non-hydrogen) atoms. The van der Waals surface area contributed by atoms with E-state index in [1.165, 1.54) is 11.8 Å². The first kappa shape index (κ1) is 12.2. The lowest BCUT2D eigenvalue weighted by molar-refractivity contribution is 0.208. The summed E-state index contributed by atoms with van der Waals surface area (Å²) < 4.78 is 5.14. The van der Waals surface area contributed by atoms with Crippen LogP contribution in [-0.4, -0.2) is 40.6 Å². The van der Waals surface area contributed by atoms with Gasteiger partial charge in [0.2, 0.25) is 0 Å². The molecule has 0 saturated carbocycles. The molecule has 0 radical (unpaired) electrons. The number of imidazole rings is 1. The first-order valence-corrected chi connectivity index (χ1v) is 6.26. The Bertz CT molecular complexity index is 500. The van der Waals surface area contributed by atoms with Crippen molar-refractivity contribution in [1.29, 1.82) is 0 Å². The van der Waals surface area contributed by atoms with Gasteiger partial charge in [0.15, 0.2) is 5.16 Å². The van der Waals surface area contributed by atoms with Gasteiger partial charge < -0.3 is 20.6 Å². The molecular weight excluding hydrogens is 238 g/mol. The van der Waals surface area contributed by atoms with Gasteiger partial charge >= 0.3 is 0 Å². The molecule has 5 nitrogen and oxygen atoms in total. The number of benzene rings is 1. The maximum atomic E-state index is 9.37. The van der Waals surface area contributed by atoms with Crippen LogP contribution in [0.3, 0.4) is 0 Å². The van der Waals surface area contributed by atoms with E-state index in [-0.39, 0.29) is 6.54 Å². The molecule has 1 unspecified atom stereocenters. The average molecular weight is 253 g/mol. The summed E-state index contributed by atoms with van der Waals surface area (Å²) >= 11 is 1.45. The number of fused-ring (bicyclic) bond motifs is 1. The van der Waals surface area contributed by atoms with Crippen molar-refractivity contribution in [2.45, 2.75) is 11.3 Å². The fraction of sp³-hybridized carbons (Fsp3) is 0.364. The number of hydrogen-bond donors (Lipinski definition) is 3. The van der Waals surface area contributed by atoms with Gasteiger partial charge in [-0.05, 0) is 12.1 Å². The number of nitrogens with zero attached hydrogens (tertiary/aromatic N) is 1. The Kier molecular flexibility index (Phi) is 3.88. The first-order chi connectivity index (χ1) is 8.22. The Morgan fingerprint density at radius 2 is 2.41 bits per heavy atom. The Labute approximate surface area is 103 Å². The molecular formula is C11H15N3O2S. The van der Waals surface area contributed by atoms with Crippen LogP contribution in [0.2, 0.25) is 0 Å². The molecule has 0 saturated heterocycles. The fourth-order valence-electron chi connectivity index (χ4n) is 1.40. The monoisotopic (exact) mass is 253 g/mol. The summed E-state index contributed by atoms with van der Waals surface area (Å²) in [6.45, 7) is 0.265. The number of nitrogens with two attached hydrogens (primary N) is 1. The summed E-state index contributed by atoms with van der Waals surface area (Å²) in [5.41, 5.74) is 7.15. The topological polar surface area (TPSA) is 84.2 Å². The minimum absolute atomic E-state index is 0.265. The highest BCUT2D eigenvalue weighted by molar-refractivity contribution is 7.99. The Morgan fingerprint density at radius 3 is 3.12 bits per heavy atom. The Hall–Kier alpha value is -1.24. The molecule has 2 rings (SSSR count). The van der Waals surface area contributed by atoms with Crippen LogP contribution in [0.5, 0.6) is 5.75 Å². The summed E-state index contributed by atoms with van der Waals surface area (Å²) in [6, 6.07) is 5.66. The van der Waals surface area contributed by atoms with Gasteiger partial charge in [0.1, 0.15) is 5.75 Å². The highest BCUT2D eigenvalue weighted by Crippen LogP contribution is 2.23. The van der Waals surface area contributed by atoms with E-state index in [9.17, 15) is 5.11 Å². The largest absolute Gasteiger partial charge is 0.497 e. The number of aliphatic hydroxyl groups excluding tert-OH is 1. The van der Waals surface area contributed by atoms with Crippen molar-refractivity contribution in [3.05, 3.63) is 18.2 Å². The van der Waals surface area contributed by atoms with Crippen LogP contribution in [0.1, 0.15) is 0 Å². The average Bonchev–Trinajstić information content (AvgIpc) is 2.77. The molecule has 1 aromatic carbocycles. The third-order valence-electron chi connectivity index (χ3n) is 2.35. The van der Waals surface area contributed by atoms with E-state index in [1.807, 2.05) is 18.2 Å². The van der Waals surface area contributed by atoms with Gasteiger partial charge in [-0.25, -0.2) is 4.98 Å². The number of rotatable bonds is 5. The molecule has 0 aliphatic carbocycles. The number of aromatic amines is 1. The van der Waals surface area contributed by atoms with E-state index < -0.39 is 6.10 Å². The minimum Gasteiger partial charge on any atom is -0.497 e. The molecule has 92 valence electrons. The molecule has 1 aromatic heterocycles. The van der Waals surface area contributed by atoms with Crippen molar-refractivity contribution in [2.75, 3.05) is 19.4 Å². The molecule has 0 amide bonds. The summed E-state index contributed by atoms with van der Waals surface area (Å²) in [5.74, 6) is 1.33. The smallest absolute Gasteiger partial charge is 0.166 e. The third-order valence-corrected chi connectivity index (χ3v) is 3.37. The lowest BCUT2D eigenvalue weighted by Gasteiger charge is -2.03. The first-order valence-electron chi connectivity index (χ1n) is 5.27. The lowest BCUT2D eigenvalue weighted by atomic mass is 10.3. The number of thioether (sulfide) groups is 1. The van der Waals surface area contributed by atoms with Gasteiger partial charge in [-0.1, -0.05) is 11.8 Å². The van der Waals surface area contributed by atoms with E-state index in [2.05, 4.69) is 9.97 Å². The normalized spacial score (nSPS) is 12.9. The third kappa shape index (κ3) is 2.91. The molecule has 6 heteroatoms. The van der Waals surface area contributed by atoms with Crippen molar-refractivity contribution >= 4 is 22.8 Å². The Balaban J connectivity index is 2.14. The van der Waals surface area contributed by atoms with Gasteiger partial charge in [0.05, 0.1) is 24.2 Å². The molecule has 1 heterocycles. The molecule has 0 fully saturated rings. The number of aromatic nitrogens is 2. The van der Waals surface area contributed by atoms with Crippen LogP contribution in [0.25, 0.3) is 11.0 Å². The van der Waals surface area contributed by atoms with E-state index in [4.69, 9.17) is 10.5 Å². The zero-order chi connectivity index (χ0) is 12.3. The van der Waals surface area contributed by atoms with Crippen molar-refractivity contribution in [3.63, 3.8) is 0 Å². The molecule has 0 spiro atoms. The molecule has 2 aromatic rings. The zero-order valence-electron chi connectivity index (χ0n) is 9.51. The van der Waals surface area contributed by atoms with Crippen LogP contribution in [-0.2, 0) is 0 Å². The Morgan fingerprint density at radius 1 is 1.59 bits per heavy atom. The van der Waals surface area contributed by atoms with E-state index in [0.29, 0.717) is 5.75 Å². The molecule has 0 aliphatic heterocycles. The predicted octanol–water partition coefficient (Wildman–Crippen LogP) is 0.983. The maximum absolute atomic E-state index is 9.37. The maximum Gasteiger partial charge on any atom is 0.166 e. The molecule has 0 bridgehead atoms. The van der Waals surface area contributed by atoms with Crippen LogP contribution in [0, 0.1) is 0 Å². The predicted molar refractivity (Wildman–Crippen MR) is 68.4 cm³/mol. The van der Waals surface area contributed by atoms with Gasteiger partial charge in [-0.2, -0.15) is 0 Å². The zero-order valence-corrected chi connectivity index (χ0v) is 10.3. The number of H-pyrrole nitrogens is 1. The summed E-state index contributed by atoms with van der Waals surface area (Å²) in [6.07, 6.45) is -0.497. The van der Waals surface area contributed by atoms with Crippen molar-refractivity contribution in [2.24, 2.45) is 5.73 Å².